The van der Waals surface area contributed by atoms with Crippen molar-refractivity contribution < 1.29 is 38.3 Å². The number of ether oxygens (including phenoxy) is 7. The molecule has 0 aromatic rings. The van der Waals surface area contributed by atoms with E-state index in [1.54, 1.807) is 6.92 Å². The number of rotatable bonds is 6. The molecule has 0 spiro atoms. The fourth-order valence-electron chi connectivity index (χ4n) is 3.04. The number of hydrogen-bond donors (Lipinski definition) is 1. The van der Waals surface area contributed by atoms with Gasteiger partial charge in [-0.05, 0) is 0 Å². The first kappa shape index (κ1) is 14.6. The molecule has 4 unspecified atom stereocenters. The van der Waals surface area contributed by atoms with Gasteiger partial charge in [0.1, 0.15) is 50.2 Å². The first-order valence-electron chi connectivity index (χ1n) is 6.52. The molecule has 7 atom stereocenters. The summed E-state index contributed by atoms with van der Waals surface area (Å²) in [7, 11) is 3.05. The quantitative estimate of drug-likeness (QED) is 0.637. The second kappa shape index (κ2) is 5.47. The predicted molar refractivity (Wildman–Crippen MR) is 62.5 cm³/mol. The summed E-state index contributed by atoms with van der Waals surface area (Å²) in [6, 6.07) is 0. The Morgan fingerprint density at radius 1 is 0.900 bits per heavy atom. The minimum Gasteiger partial charge on any atom is -0.387 e. The third-order valence-electron chi connectivity index (χ3n) is 3.78. The molecule has 4 aliphatic rings. The van der Waals surface area contributed by atoms with Crippen LogP contribution < -0.4 is 0 Å². The van der Waals surface area contributed by atoms with E-state index in [4.69, 9.17) is 33.2 Å². The van der Waals surface area contributed by atoms with Gasteiger partial charge in [0, 0.05) is 21.1 Å². The van der Waals surface area contributed by atoms with Gasteiger partial charge in [-0.1, -0.05) is 0 Å². The summed E-state index contributed by atoms with van der Waals surface area (Å²) >= 11 is 0. The van der Waals surface area contributed by atoms with Crippen LogP contribution in [0.4, 0.5) is 0 Å². The van der Waals surface area contributed by atoms with E-state index in [2.05, 4.69) is 0 Å². The van der Waals surface area contributed by atoms with E-state index < -0.39 is 42.6 Å². The minimum atomic E-state index is -1.17. The lowest BCUT2D eigenvalue weighted by atomic mass is 9.81. The van der Waals surface area contributed by atoms with E-state index in [1.807, 2.05) is 0 Å². The monoisotopic (exact) mass is 292 g/mol. The Labute approximate surface area is 116 Å². The number of aliphatic hydroxyl groups excluding tert-OH is 1. The zero-order valence-electron chi connectivity index (χ0n) is 11.7. The third kappa shape index (κ3) is 2.26. The average Bonchev–Trinajstić information content (AvgIpc) is 2.42. The maximum atomic E-state index is 10.3. The minimum absolute atomic E-state index is 0.0797. The Bertz CT molecular complexity index is 324. The maximum absolute atomic E-state index is 10.3. The molecular weight excluding hydrogens is 272 g/mol. The van der Waals surface area contributed by atoms with Crippen molar-refractivity contribution in [2.75, 3.05) is 27.8 Å². The van der Waals surface area contributed by atoms with E-state index >= 15 is 0 Å². The van der Waals surface area contributed by atoms with Gasteiger partial charge >= 0.3 is 0 Å². The van der Waals surface area contributed by atoms with Crippen LogP contribution in [0.25, 0.3) is 0 Å². The van der Waals surface area contributed by atoms with Crippen molar-refractivity contribution in [3.8, 4) is 0 Å². The van der Waals surface area contributed by atoms with Gasteiger partial charge in [0.05, 0.1) is 0 Å². The highest BCUT2D eigenvalue weighted by atomic mass is 16.9. The van der Waals surface area contributed by atoms with Crippen molar-refractivity contribution in [3.63, 3.8) is 0 Å². The van der Waals surface area contributed by atoms with Crippen LogP contribution in [-0.2, 0) is 33.2 Å². The third-order valence-corrected chi connectivity index (χ3v) is 3.78. The van der Waals surface area contributed by atoms with Gasteiger partial charge < -0.3 is 38.3 Å². The highest BCUT2D eigenvalue weighted by Gasteiger charge is 2.66. The molecular formula is C12H20O8. The van der Waals surface area contributed by atoms with Crippen LogP contribution in [0.2, 0.25) is 0 Å². The second-order valence-corrected chi connectivity index (χ2v) is 5.18. The van der Waals surface area contributed by atoms with Crippen molar-refractivity contribution >= 4 is 0 Å². The topological polar surface area (TPSA) is 84.8 Å². The van der Waals surface area contributed by atoms with Gasteiger partial charge in [0.15, 0.2) is 0 Å². The van der Waals surface area contributed by atoms with Crippen molar-refractivity contribution in [2.45, 2.75) is 49.5 Å². The summed E-state index contributed by atoms with van der Waals surface area (Å²) in [5, 5.41) is 10.3. The normalized spacial score (nSPS) is 49.8. The molecule has 8 nitrogen and oxygen atoms in total. The zero-order valence-corrected chi connectivity index (χ0v) is 11.7. The molecule has 3 heterocycles. The fraction of sp³-hybridized carbons (Fsp3) is 1.00. The Balaban J connectivity index is 1.81. The van der Waals surface area contributed by atoms with Crippen molar-refractivity contribution in [2.24, 2.45) is 0 Å². The Morgan fingerprint density at radius 2 is 1.35 bits per heavy atom. The molecule has 4 rings (SSSR count). The highest BCUT2D eigenvalue weighted by Crippen LogP contribution is 2.46. The van der Waals surface area contributed by atoms with Gasteiger partial charge in [-0.25, -0.2) is 0 Å². The van der Waals surface area contributed by atoms with Crippen LogP contribution >= 0.6 is 0 Å². The molecule has 0 aromatic carbocycles. The molecule has 20 heavy (non-hydrogen) atoms. The van der Waals surface area contributed by atoms with Crippen molar-refractivity contribution in [1.29, 1.82) is 0 Å². The lowest BCUT2D eigenvalue weighted by molar-refractivity contribution is -0.537. The fourth-order valence-corrected chi connectivity index (χ4v) is 3.04. The number of aliphatic hydroxyl groups is 1. The predicted octanol–water partition coefficient (Wildman–Crippen LogP) is -0.804. The van der Waals surface area contributed by atoms with Crippen LogP contribution in [0.5, 0.6) is 0 Å². The molecule has 1 saturated carbocycles. The van der Waals surface area contributed by atoms with E-state index in [9.17, 15) is 5.11 Å². The SMILES string of the molecule is COCOC1C2OC3(C)OC1[C@H](O)[C@@H](O3)[C@@H]2OCOC. The smallest absolute Gasteiger partial charge is 0.281 e. The van der Waals surface area contributed by atoms with E-state index in [-0.39, 0.29) is 13.6 Å². The molecule has 0 aromatic heterocycles. The van der Waals surface area contributed by atoms with Gasteiger partial charge in [-0.15, -0.1) is 0 Å². The maximum Gasteiger partial charge on any atom is 0.281 e. The molecule has 116 valence electrons. The Morgan fingerprint density at radius 3 is 1.80 bits per heavy atom. The average molecular weight is 292 g/mol. The summed E-state index contributed by atoms with van der Waals surface area (Å²) in [6.07, 6.45) is -3.30. The molecule has 3 aliphatic heterocycles. The van der Waals surface area contributed by atoms with Crippen LogP contribution in [0, 0.1) is 0 Å². The van der Waals surface area contributed by atoms with Gasteiger partial charge in [0.2, 0.25) is 0 Å². The summed E-state index contributed by atoms with van der Waals surface area (Å²) in [6.45, 7) is 1.83. The van der Waals surface area contributed by atoms with Crippen LogP contribution in [-0.4, -0.2) is 75.5 Å². The Hall–Kier alpha value is -0.320. The lowest BCUT2D eigenvalue weighted by Crippen LogP contribution is -2.79. The van der Waals surface area contributed by atoms with Crippen LogP contribution in [0.15, 0.2) is 0 Å². The van der Waals surface area contributed by atoms with Gasteiger partial charge in [-0.3, -0.25) is 0 Å². The van der Waals surface area contributed by atoms with Gasteiger partial charge in [-0.2, -0.15) is 0 Å². The summed E-state index contributed by atoms with van der Waals surface area (Å²) in [4.78, 5) is 0. The molecule has 0 amide bonds. The first-order valence-corrected chi connectivity index (χ1v) is 6.52. The van der Waals surface area contributed by atoms with E-state index in [1.165, 1.54) is 14.2 Å². The zero-order chi connectivity index (χ0) is 14.3. The second-order valence-electron chi connectivity index (χ2n) is 5.18. The first-order chi connectivity index (χ1) is 9.59. The molecule has 1 N–H and O–H groups in total. The molecule has 1 aliphatic carbocycles. The number of methoxy groups -OCH3 is 2. The standard InChI is InChI=1S/C12H20O8/c1-12-18-7-6(13)8(19-12)10(17-5-15-3)11(20-12)9(7)16-4-14-2/h6-11,13H,4-5H2,1-3H3/t6-,7-,8?,9+,10?,11?,12?/m1/s1. The Kier molecular flexibility index (Phi) is 3.99. The lowest BCUT2D eigenvalue weighted by Gasteiger charge is -2.61. The van der Waals surface area contributed by atoms with Crippen molar-refractivity contribution in [1.82, 2.24) is 0 Å². The summed E-state index contributed by atoms with van der Waals surface area (Å²) in [5.74, 6) is -1.17. The largest absolute Gasteiger partial charge is 0.387 e. The molecule has 8 heteroatoms. The molecule has 3 saturated heterocycles. The highest BCUT2D eigenvalue weighted by molar-refractivity contribution is 5.08. The molecule has 4 bridgehead atoms. The van der Waals surface area contributed by atoms with Crippen LogP contribution in [0.3, 0.4) is 0 Å². The summed E-state index contributed by atoms with van der Waals surface area (Å²) in [5.41, 5.74) is 0. The molecule has 0 radical (unpaired) electrons. The van der Waals surface area contributed by atoms with E-state index in [0.717, 1.165) is 0 Å². The van der Waals surface area contributed by atoms with E-state index in [0.29, 0.717) is 0 Å². The number of hydrogen-bond acceptors (Lipinski definition) is 8. The summed E-state index contributed by atoms with van der Waals surface area (Å²) < 4.78 is 38.0. The molecule has 4 fully saturated rings. The van der Waals surface area contributed by atoms with Crippen LogP contribution in [0.1, 0.15) is 6.92 Å². The van der Waals surface area contributed by atoms with Gasteiger partial charge in [0.25, 0.3) is 5.97 Å². The van der Waals surface area contributed by atoms with Crippen molar-refractivity contribution in [3.05, 3.63) is 0 Å².